The van der Waals surface area contributed by atoms with Gasteiger partial charge in [0, 0.05) is 43.2 Å². The molecule has 0 unspecified atom stereocenters. The lowest BCUT2D eigenvalue weighted by atomic mass is 10.0. The Balaban J connectivity index is 1.54. The number of fused-ring (bicyclic) bond motifs is 1. The summed E-state index contributed by atoms with van der Waals surface area (Å²) in [6.45, 7) is 5.95. The summed E-state index contributed by atoms with van der Waals surface area (Å²) in [5, 5.41) is 15.1. The molecule has 2 atom stereocenters. The minimum atomic E-state index is -0.771. The summed E-state index contributed by atoms with van der Waals surface area (Å²) in [5.74, 6) is 1.15. The van der Waals surface area contributed by atoms with E-state index < -0.39 is 12.2 Å². The highest BCUT2D eigenvalue weighted by Crippen LogP contribution is 2.37. The highest BCUT2D eigenvalue weighted by atomic mass is 16.7. The van der Waals surface area contributed by atoms with Crippen LogP contribution in [0.15, 0.2) is 24.5 Å². The van der Waals surface area contributed by atoms with Crippen molar-refractivity contribution in [1.29, 1.82) is 0 Å². The van der Waals surface area contributed by atoms with E-state index in [1.807, 2.05) is 26.0 Å². The molecule has 1 fully saturated rings. The van der Waals surface area contributed by atoms with Crippen LogP contribution in [0.3, 0.4) is 0 Å². The molecule has 37 heavy (non-hydrogen) atoms. The van der Waals surface area contributed by atoms with Crippen molar-refractivity contribution < 1.29 is 28.5 Å². The van der Waals surface area contributed by atoms with Gasteiger partial charge in [-0.15, -0.1) is 0 Å². The average Bonchev–Trinajstić information content (AvgIpc) is 3.56. The van der Waals surface area contributed by atoms with E-state index in [0.717, 1.165) is 29.7 Å². The Morgan fingerprint density at radius 1 is 1.19 bits per heavy atom. The number of methoxy groups -OCH3 is 1. The predicted octanol–water partition coefficient (Wildman–Crippen LogP) is 3.72. The van der Waals surface area contributed by atoms with Gasteiger partial charge in [-0.2, -0.15) is 10.2 Å². The van der Waals surface area contributed by atoms with Gasteiger partial charge < -0.3 is 29.6 Å². The van der Waals surface area contributed by atoms with Crippen LogP contribution in [0.4, 0.5) is 21.2 Å². The first-order valence-corrected chi connectivity index (χ1v) is 12.3. The number of rotatable bonds is 10. The van der Waals surface area contributed by atoms with Crippen molar-refractivity contribution in [2.45, 2.75) is 71.4 Å². The van der Waals surface area contributed by atoms with E-state index in [-0.39, 0.29) is 31.4 Å². The lowest BCUT2D eigenvalue weighted by molar-refractivity contribution is 0.0323. The van der Waals surface area contributed by atoms with E-state index >= 15 is 0 Å². The molecule has 1 saturated carbocycles. The molecule has 0 aromatic carbocycles. The number of nitrogens with one attached hydrogen (secondary N) is 2. The van der Waals surface area contributed by atoms with E-state index in [0.29, 0.717) is 24.7 Å². The monoisotopic (exact) mass is 515 g/mol. The zero-order valence-corrected chi connectivity index (χ0v) is 21.5. The van der Waals surface area contributed by atoms with Crippen LogP contribution in [0.1, 0.15) is 57.3 Å². The van der Waals surface area contributed by atoms with Crippen LogP contribution in [-0.2, 0) is 32.3 Å². The van der Waals surface area contributed by atoms with Crippen molar-refractivity contribution in [2.75, 3.05) is 19.0 Å². The van der Waals surface area contributed by atoms with E-state index in [1.165, 1.54) is 0 Å². The van der Waals surface area contributed by atoms with Gasteiger partial charge in [0.2, 0.25) is 0 Å². The fourth-order valence-corrected chi connectivity index (χ4v) is 4.34. The fraction of sp³-hybridized carbons (Fsp3) is 0.542. The van der Waals surface area contributed by atoms with Gasteiger partial charge in [0.25, 0.3) is 0 Å². The number of alkyl carbamates (subject to hydrolysis) is 1. The predicted molar refractivity (Wildman–Crippen MR) is 132 cm³/mol. The molecule has 3 aromatic heterocycles. The number of anilines is 2. The maximum absolute atomic E-state index is 12.1. The van der Waals surface area contributed by atoms with Gasteiger partial charge in [-0.1, -0.05) is 0 Å². The van der Waals surface area contributed by atoms with E-state index in [2.05, 4.69) is 25.8 Å². The Labute approximate surface area is 214 Å². The molecular formula is C24H33N7O6. The van der Waals surface area contributed by atoms with Gasteiger partial charge in [-0.25, -0.2) is 23.8 Å². The molecule has 3 heterocycles. The summed E-state index contributed by atoms with van der Waals surface area (Å²) in [7, 11) is 1.61. The second-order valence-corrected chi connectivity index (χ2v) is 9.05. The van der Waals surface area contributed by atoms with Crippen LogP contribution < -0.4 is 10.6 Å². The number of hydrogen-bond donors (Lipinski definition) is 2. The number of ether oxygens (including phenoxy) is 4. The Morgan fingerprint density at radius 2 is 2.03 bits per heavy atom. The van der Waals surface area contributed by atoms with Gasteiger partial charge in [0.05, 0.1) is 18.9 Å². The number of hydrogen-bond acceptors (Lipinski definition) is 10. The molecule has 200 valence electrons. The topological polar surface area (TPSA) is 143 Å². The largest absolute Gasteiger partial charge is 0.510 e. The van der Waals surface area contributed by atoms with Gasteiger partial charge >= 0.3 is 12.2 Å². The van der Waals surface area contributed by atoms with Crippen LogP contribution in [-0.4, -0.2) is 62.5 Å². The van der Waals surface area contributed by atoms with Gasteiger partial charge in [0.1, 0.15) is 11.6 Å². The summed E-state index contributed by atoms with van der Waals surface area (Å²) in [6, 6.07) is 3.79. The van der Waals surface area contributed by atoms with Gasteiger partial charge in [-0.3, -0.25) is 0 Å². The second kappa shape index (κ2) is 11.9. The van der Waals surface area contributed by atoms with Gasteiger partial charge in [0.15, 0.2) is 18.4 Å². The first-order valence-electron chi connectivity index (χ1n) is 12.3. The summed E-state index contributed by atoms with van der Waals surface area (Å²) in [5.41, 5.74) is 2.38. The Morgan fingerprint density at radius 3 is 2.78 bits per heavy atom. The molecule has 2 N–H and O–H groups in total. The van der Waals surface area contributed by atoms with Crippen molar-refractivity contribution in [3.05, 3.63) is 35.9 Å². The third-order valence-electron chi connectivity index (χ3n) is 5.84. The minimum absolute atomic E-state index is 0.000722. The number of nitrogens with zero attached hydrogens (tertiary/aromatic N) is 5. The molecule has 0 aliphatic heterocycles. The molecule has 4 rings (SSSR count). The Bertz CT molecular complexity index is 1220. The highest BCUT2D eigenvalue weighted by molar-refractivity contribution is 5.72. The SMILES string of the molecule is CCOC(=O)OCn1nc(Nc2nccn3nc(COC)cc23)cc1[C@H]1CC[C@@H](OC(=O)NC(C)C)C1. The quantitative estimate of drug-likeness (QED) is 0.383. The van der Waals surface area contributed by atoms with Crippen LogP contribution in [0.2, 0.25) is 0 Å². The van der Waals surface area contributed by atoms with E-state index in [4.69, 9.17) is 18.9 Å². The number of carbonyl (C=O) groups is 2. The lowest BCUT2D eigenvalue weighted by Crippen LogP contribution is -2.33. The first kappa shape index (κ1) is 26.2. The Hall–Kier alpha value is -3.87. The standard InChI is InChI=1S/C24H33N7O6/c1-5-35-24(33)36-14-31-19(16-6-7-18(10-16)37-23(32)26-15(2)3)12-21(29-31)27-22-20-11-17(13-34-4)28-30(20)9-8-25-22/h8-9,11-12,15-16,18H,5-7,10,13-14H2,1-4H3,(H,26,32)(H,25,27,29)/t16-,18+/m0/s1. The second-order valence-electron chi connectivity index (χ2n) is 9.05. The van der Waals surface area contributed by atoms with Crippen molar-refractivity contribution in [2.24, 2.45) is 0 Å². The molecule has 3 aromatic rings. The first-order chi connectivity index (χ1) is 17.9. The number of carbonyl (C=O) groups excluding carboxylic acids is 2. The van der Waals surface area contributed by atoms with Crippen LogP contribution in [0.5, 0.6) is 0 Å². The number of amides is 1. The molecular weight excluding hydrogens is 482 g/mol. The average molecular weight is 516 g/mol. The smallest absolute Gasteiger partial charge is 0.446 e. The molecule has 0 radical (unpaired) electrons. The van der Waals surface area contributed by atoms with E-state index in [9.17, 15) is 9.59 Å². The number of aromatic nitrogens is 5. The molecule has 1 aliphatic rings. The molecule has 1 aliphatic carbocycles. The van der Waals surface area contributed by atoms with Crippen molar-refractivity contribution >= 4 is 29.4 Å². The van der Waals surface area contributed by atoms with Gasteiger partial charge in [-0.05, 0) is 46.1 Å². The zero-order chi connectivity index (χ0) is 26.4. The molecule has 0 bridgehead atoms. The molecule has 1 amide bonds. The maximum Gasteiger partial charge on any atom is 0.510 e. The molecule has 13 nitrogen and oxygen atoms in total. The minimum Gasteiger partial charge on any atom is -0.446 e. The van der Waals surface area contributed by atoms with Crippen LogP contribution in [0, 0.1) is 0 Å². The van der Waals surface area contributed by atoms with E-state index in [1.54, 1.807) is 35.6 Å². The van der Waals surface area contributed by atoms with Crippen LogP contribution in [0.25, 0.3) is 5.52 Å². The molecule has 0 saturated heterocycles. The third kappa shape index (κ3) is 6.67. The molecule has 13 heteroatoms. The summed E-state index contributed by atoms with van der Waals surface area (Å²) >= 11 is 0. The van der Waals surface area contributed by atoms with Crippen molar-refractivity contribution in [1.82, 2.24) is 29.7 Å². The normalized spacial score (nSPS) is 17.2. The summed E-state index contributed by atoms with van der Waals surface area (Å²) in [6.07, 6.45) is 4.14. The third-order valence-corrected chi connectivity index (χ3v) is 5.84. The van der Waals surface area contributed by atoms with Crippen molar-refractivity contribution in [3.8, 4) is 0 Å². The van der Waals surface area contributed by atoms with Crippen molar-refractivity contribution in [3.63, 3.8) is 0 Å². The maximum atomic E-state index is 12.1. The van der Waals surface area contributed by atoms with Crippen LogP contribution >= 0.6 is 0 Å². The fourth-order valence-electron chi connectivity index (χ4n) is 4.34. The Kier molecular flexibility index (Phi) is 8.43. The molecule has 0 spiro atoms. The summed E-state index contributed by atoms with van der Waals surface area (Å²) in [4.78, 5) is 28.3. The zero-order valence-electron chi connectivity index (χ0n) is 21.5. The summed E-state index contributed by atoms with van der Waals surface area (Å²) < 4.78 is 24.2. The lowest BCUT2D eigenvalue weighted by Gasteiger charge is -2.15. The highest BCUT2D eigenvalue weighted by Gasteiger charge is 2.32.